The molecular formula is C18H14FN5O3S. The van der Waals surface area contributed by atoms with Crippen LogP contribution in [0.5, 0.6) is 0 Å². The number of para-hydroxylation sites is 2. The van der Waals surface area contributed by atoms with Crippen LogP contribution >= 0.6 is 11.8 Å². The zero-order valence-corrected chi connectivity index (χ0v) is 15.2. The first kappa shape index (κ1) is 18.0. The quantitative estimate of drug-likeness (QED) is 0.484. The number of imidazole rings is 1. The zero-order chi connectivity index (χ0) is 19.7. The molecule has 4 rings (SSSR count). The number of benzene rings is 2. The van der Waals surface area contributed by atoms with Crippen LogP contribution in [0.15, 0.2) is 53.7 Å². The van der Waals surface area contributed by atoms with Gasteiger partial charge in [0, 0.05) is 5.69 Å². The second-order valence-electron chi connectivity index (χ2n) is 5.93. The maximum Gasteiger partial charge on any atom is 0.323 e. The molecular weight excluding hydrogens is 385 g/mol. The number of nitrogens with zero attached hydrogens (tertiary/aromatic N) is 4. The van der Waals surface area contributed by atoms with Gasteiger partial charge in [-0.3, -0.25) is 18.6 Å². The first-order valence-corrected chi connectivity index (χ1v) is 9.24. The molecule has 4 aromatic rings. The number of anilines is 1. The minimum Gasteiger partial charge on any atom is -0.480 e. The normalized spacial score (nSPS) is 11.2. The lowest BCUT2D eigenvalue weighted by Gasteiger charge is -2.04. The second kappa shape index (κ2) is 7.31. The molecule has 2 aromatic carbocycles. The Morgan fingerprint density at radius 1 is 1.07 bits per heavy atom. The van der Waals surface area contributed by atoms with Gasteiger partial charge in [-0.1, -0.05) is 23.9 Å². The third kappa shape index (κ3) is 3.41. The number of carboxylic acids is 1. The average Bonchev–Trinajstić information content (AvgIpc) is 3.22. The molecule has 8 nitrogen and oxygen atoms in total. The molecule has 0 unspecified atom stereocenters. The lowest BCUT2D eigenvalue weighted by Crippen LogP contribution is -2.14. The number of carbonyl (C=O) groups excluding carboxylic acids is 1. The molecule has 0 aliphatic rings. The number of hydrogen-bond donors (Lipinski definition) is 2. The van der Waals surface area contributed by atoms with Crippen molar-refractivity contribution in [3.05, 3.63) is 54.3 Å². The Morgan fingerprint density at radius 3 is 2.50 bits per heavy atom. The van der Waals surface area contributed by atoms with E-state index in [0.717, 1.165) is 5.52 Å². The number of nitrogens with one attached hydrogen (secondary N) is 1. The molecule has 1 amide bonds. The van der Waals surface area contributed by atoms with Gasteiger partial charge in [-0.25, -0.2) is 4.39 Å². The van der Waals surface area contributed by atoms with Gasteiger partial charge in [-0.2, -0.15) is 0 Å². The molecule has 0 bridgehead atoms. The van der Waals surface area contributed by atoms with Crippen molar-refractivity contribution in [3.8, 4) is 0 Å². The van der Waals surface area contributed by atoms with Crippen LogP contribution < -0.4 is 5.32 Å². The Balaban J connectivity index is 1.58. The number of aliphatic carboxylic acids is 1. The van der Waals surface area contributed by atoms with Crippen molar-refractivity contribution in [2.45, 2.75) is 11.7 Å². The van der Waals surface area contributed by atoms with Crippen molar-refractivity contribution < 1.29 is 19.1 Å². The van der Waals surface area contributed by atoms with Crippen LogP contribution in [-0.2, 0) is 16.1 Å². The third-order valence-corrected chi connectivity index (χ3v) is 4.95. The minimum absolute atomic E-state index is 0.0661. The van der Waals surface area contributed by atoms with Crippen molar-refractivity contribution in [2.75, 3.05) is 11.1 Å². The number of rotatable bonds is 6. The molecule has 2 aromatic heterocycles. The molecule has 0 atom stereocenters. The Morgan fingerprint density at radius 2 is 1.79 bits per heavy atom. The Hall–Kier alpha value is -3.40. The number of aromatic nitrogens is 4. The average molecular weight is 399 g/mol. The molecule has 0 spiro atoms. The predicted molar refractivity (Wildman–Crippen MR) is 102 cm³/mol. The highest BCUT2D eigenvalue weighted by Gasteiger charge is 2.19. The van der Waals surface area contributed by atoms with Gasteiger partial charge in [0.25, 0.3) is 0 Å². The summed E-state index contributed by atoms with van der Waals surface area (Å²) >= 11 is 1.18. The van der Waals surface area contributed by atoms with Crippen molar-refractivity contribution >= 4 is 46.1 Å². The fraction of sp³-hybridized carbons (Fsp3) is 0.111. The fourth-order valence-corrected chi connectivity index (χ4v) is 3.62. The molecule has 0 aliphatic heterocycles. The number of thioether (sulfide) groups is 1. The van der Waals surface area contributed by atoms with E-state index in [0.29, 0.717) is 22.1 Å². The van der Waals surface area contributed by atoms with Crippen molar-refractivity contribution in [3.63, 3.8) is 0 Å². The Kier molecular flexibility index (Phi) is 4.70. The van der Waals surface area contributed by atoms with E-state index in [9.17, 15) is 19.1 Å². The summed E-state index contributed by atoms with van der Waals surface area (Å²) < 4.78 is 16.2. The van der Waals surface area contributed by atoms with Crippen molar-refractivity contribution in [1.29, 1.82) is 0 Å². The molecule has 2 heterocycles. The Bertz CT molecular complexity index is 1190. The summed E-state index contributed by atoms with van der Waals surface area (Å²) in [5, 5.41) is 20.5. The van der Waals surface area contributed by atoms with Gasteiger partial charge >= 0.3 is 5.97 Å². The van der Waals surface area contributed by atoms with Gasteiger partial charge in [0.2, 0.25) is 11.7 Å². The number of fused-ring (bicyclic) bond motifs is 3. The second-order valence-corrected chi connectivity index (χ2v) is 6.87. The lowest BCUT2D eigenvalue weighted by atomic mass is 10.3. The molecule has 0 saturated heterocycles. The molecule has 142 valence electrons. The maximum atomic E-state index is 12.9. The van der Waals surface area contributed by atoms with E-state index in [-0.39, 0.29) is 24.0 Å². The first-order valence-electron chi connectivity index (χ1n) is 8.25. The number of halogens is 1. The van der Waals surface area contributed by atoms with Gasteiger partial charge in [-0.05, 0) is 36.4 Å². The standard InChI is InChI=1S/C18H14FN5O3S/c19-11-5-7-12(8-6-11)20-15(25)10-28-18-22-21-17-23(9-16(26)27)13-3-1-2-4-14(13)24(17)18/h1-8H,9-10H2,(H,20,25)(H,26,27). The van der Waals surface area contributed by atoms with E-state index in [2.05, 4.69) is 15.5 Å². The highest BCUT2D eigenvalue weighted by Crippen LogP contribution is 2.26. The summed E-state index contributed by atoms with van der Waals surface area (Å²) in [7, 11) is 0. The number of carbonyl (C=O) groups is 2. The van der Waals surface area contributed by atoms with Gasteiger partial charge in [-0.15, -0.1) is 10.2 Å². The lowest BCUT2D eigenvalue weighted by molar-refractivity contribution is -0.137. The van der Waals surface area contributed by atoms with E-state index < -0.39 is 5.97 Å². The molecule has 0 radical (unpaired) electrons. The summed E-state index contributed by atoms with van der Waals surface area (Å²) in [4.78, 5) is 23.4. The van der Waals surface area contributed by atoms with E-state index in [1.165, 1.54) is 36.0 Å². The van der Waals surface area contributed by atoms with Crippen molar-refractivity contribution in [2.24, 2.45) is 0 Å². The monoisotopic (exact) mass is 399 g/mol. The smallest absolute Gasteiger partial charge is 0.323 e. The molecule has 0 saturated carbocycles. The molecule has 10 heteroatoms. The SMILES string of the molecule is O=C(O)Cn1c2ccccc2n2c(SCC(=O)Nc3ccc(F)cc3)nnc12. The number of hydrogen-bond acceptors (Lipinski definition) is 5. The zero-order valence-electron chi connectivity index (χ0n) is 14.4. The van der Waals surface area contributed by atoms with Crippen molar-refractivity contribution in [1.82, 2.24) is 19.2 Å². The molecule has 28 heavy (non-hydrogen) atoms. The van der Waals surface area contributed by atoms with Crippen LogP contribution in [0.2, 0.25) is 0 Å². The largest absolute Gasteiger partial charge is 0.480 e. The van der Waals surface area contributed by atoms with Gasteiger partial charge < -0.3 is 10.4 Å². The summed E-state index contributed by atoms with van der Waals surface area (Å²) in [5.74, 6) is -1.18. The highest BCUT2D eigenvalue weighted by molar-refractivity contribution is 7.99. The summed E-state index contributed by atoms with van der Waals surface area (Å²) in [5.41, 5.74) is 1.97. The van der Waals surface area contributed by atoms with Crippen LogP contribution in [0.25, 0.3) is 16.8 Å². The predicted octanol–water partition coefficient (Wildman–Crippen LogP) is 2.64. The van der Waals surface area contributed by atoms with E-state index in [4.69, 9.17) is 0 Å². The Labute approximate surface area is 162 Å². The van der Waals surface area contributed by atoms with E-state index >= 15 is 0 Å². The van der Waals surface area contributed by atoms with Crippen LogP contribution in [0, 0.1) is 5.82 Å². The van der Waals surface area contributed by atoms with Gasteiger partial charge in [0.15, 0.2) is 5.16 Å². The third-order valence-electron chi connectivity index (χ3n) is 4.02. The minimum atomic E-state index is -0.987. The van der Waals surface area contributed by atoms with Gasteiger partial charge in [0.05, 0.1) is 16.8 Å². The molecule has 2 N–H and O–H groups in total. The maximum absolute atomic E-state index is 12.9. The molecule has 0 fully saturated rings. The van der Waals surface area contributed by atoms with E-state index in [1.807, 2.05) is 24.3 Å². The number of amides is 1. The molecule has 0 aliphatic carbocycles. The van der Waals surface area contributed by atoms with Crippen LogP contribution in [-0.4, -0.2) is 41.9 Å². The van der Waals surface area contributed by atoms with E-state index in [1.54, 1.807) is 8.97 Å². The summed E-state index contributed by atoms with van der Waals surface area (Å²) in [6, 6.07) is 12.8. The van der Waals surface area contributed by atoms with Crippen LogP contribution in [0.4, 0.5) is 10.1 Å². The summed E-state index contributed by atoms with van der Waals surface area (Å²) in [6.07, 6.45) is 0. The topological polar surface area (TPSA) is 102 Å². The summed E-state index contributed by atoms with van der Waals surface area (Å²) in [6.45, 7) is -0.245. The fourth-order valence-electron chi connectivity index (χ4n) is 2.88. The van der Waals surface area contributed by atoms with Crippen LogP contribution in [0.1, 0.15) is 0 Å². The van der Waals surface area contributed by atoms with Gasteiger partial charge in [0.1, 0.15) is 12.4 Å². The first-order chi connectivity index (χ1) is 13.5. The highest BCUT2D eigenvalue weighted by atomic mass is 32.2. The number of carboxylic acid groups (broad SMARTS) is 1. The van der Waals surface area contributed by atoms with Crippen LogP contribution in [0.3, 0.4) is 0 Å².